The highest BCUT2D eigenvalue weighted by molar-refractivity contribution is 7.89. The molecular weight excluding hydrogens is 309 g/mol. The Kier molecular flexibility index (Phi) is 5.15. The smallest absolute Gasteiger partial charge is 0.244 e. The van der Waals surface area contributed by atoms with E-state index < -0.39 is 15.8 Å². The van der Waals surface area contributed by atoms with Crippen molar-refractivity contribution in [2.75, 3.05) is 30.8 Å². The van der Waals surface area contributed by atoms with Crippen LogP contribution in [0.2, 0.25) is 0 Å². The number of nitrogens with zero attached hydrogens (tertiary/aromatic N) is 2. The molecule has 1 fully saturated rings. The summed E-state index contributed by atoms with van der Waals surface area (Å²) in [7, 11) is -1.73. The van der Waals surface area contributed by atoms with Gasteiger partial charge in [0.05, 0.1) is 17.5 Å². The Morgan fingerprint density at radius 3 is 2.73 bits per heavy atom. The predicted molar refractivity (Wildman–Crippen MR) is 82.4 cm³/mol. The Hall–Kier alpha value is -1.51. The van der Waals surface area contributed by atoms with Gasteiger partial charge in [0.2, 0.25) is 15.9 Å². The molecule has 0 aliphatic carbocycles. The largest absolute Gasteiger partial charge is 0.308 e. The van der Waals surface area contributed by atoms with Gasteiger partial charge in [-0.2, -0.15) is 0 Å². The summed E-state index contributed by atoms with van der Waals surface area (Å²) in [6.45, 7) is 0.891. The van der Waals surface area contributed by atoms with Crippen LogP contribution in [0.1, 0.15) is 12.8 Å². The number of likely N-dealkylation sites (N-methyl/N-ethyl adjacent to an activating group) is 1. The van der Waals surface area contributed by atoms with E-state index >= 15 is 0 Å². The van der Waals surface area contributed by atoms with Crippen molar-refractivity contribution in [3.63, 3.8) is 0 Å². The van der Waals surface area contributed by atoms with E-state index in [1.54, 1.807) is 30.1 Å². The number of para-hydroxylation sites is 1. The topological polar surface area (TPSA) is 83.7 Å². The zero-order chi connectivity index (χ0) is 16.3. The van der Waals surface area contributed by atoms with E-state index in [2.05, 4.69) is 0 Å². The first-order valence-corrected chi connectivity index (χ1v) is 8.78. The molecule has 1 aliphatic heterocycles. The van der Waals surface area contributed by atoms with Crippen molar-refractivity contribution >= 4 is 21.6 Å². The fraction of sp³-hybridized carbons (Fsp3) is 0.500. The molecule has 1 aliphatic rings. The number of carbonyl (C=O) groups excluding carboxylic acids is 1. The molecule has 0 bridgehead atoms. The molecule has 0 radical (unpaired) electrons. The van der Waals surface area contributed by atoms with Crippen LogP contribution < -0.4 is 10.0 Å². The van der Waals surface area contributed by atoms with Crippen molar-refractivity contribution < 1.29 is 17.6 Å². The van der Waals surface area contributed by atoms with Crippen LogP contribution in [0.5, 0.6) is 0 Å². The molecule has 1 aromatic carbocycles. The normalized spacial score (nSPS) is 19.2. The van der Waals surface area contributed by atoms with Gasteiger partial charge in [-0.05, 0) is 38.6 Å². The van der Waals surface area contributed by atoms with Crippen molar-refractivity contribution in [2.45, 2.75) is 18.9 Å². The lowest BCUT2D eigenvalue weighted by Crippen LogP contribution is -2.40. The minimum Gasteiger partial charge on any atom is -0.308 e. The van der Waals surface area contributed by atoms with Gasteiger partial charge in [0.25, 0.3) is 0 Å². The quantitative estimate of drug-likeness (QED) is 0.826. The van der Waals surface area contributed by atoms with Gasteiger partial charge in [-0.15, -0.1) is 0 Å². The predicted octanol–water partition coefficient (Wildman–Crippen LogP) is 0.541. The average molecular weight is 329 g/mol. The highest BCUT2D eigenvalue weighted by atomic mass is 32.2. The van der Waals surface area contributed by atoms with Crippen molar-refractivity contribution in [3.05, 3.63) is 30.1 Å². The SMILES string of the molecule is CN(CCCS(N)(=O)=O)[C@@H]1CCN(c2ccccc2F)C1=O. The molecule has 6 nitrogen and oxygen atoms in total. The second-order valence-corrected chi connectivity index (χ2v) is 7.18. The van der Waals surface area contributed by atoms with Crippen LogP contribution in [-0.2, 0) is 14.8 Å². The first kappa shape index (κ1) is 16.9. The van der Waals surface area contributed by atoms with E-state index in [4.69, 9.17) is 5.14 Å². The van der Waals surface area contributed by atoms with Crippen molar-refractivity contribution in [1.29, 1.82) is 0 Å². The summed E-state index contributed by atoms with van der Waals surface area (Å²) in [4.78, 5) is 15.7. The summed E-state index contributed by atoms with van der Waals surface area (Å²) < 4.78 is 35.6. The number of anilines is 1. The highest BCUT2D eigenvalue weighted by Gasteiger charge is 2.35. The third-order valence-electron chi connectivity index (χ3n) is 3.79. The summed E-state index contributed by atoms with van der Waals surface area (Å²) in [6, 6.07) is 5.81. The van der Waals surface area contributed by atoms with E-state index in [0.29, 0.717) is 25.9 Å². The third-order valence-corrected chi connectivity index (χ3v) is 4.65. The summed E-state index contributed by atoms with van der Waals surface area (Å²) in [5.41, 5.74) is 0.285. The maximum absolute atomic E-state index is 13.8. The second-order valence-electron chi connectivity index (χ2n) is 5.45. The first-order valence-electron chi connectivity index (χ1n) is 7.06. The van der Waals surface area contributed by atoms with Gasteiger partial charge in [0.15, 0.2) is 0 Å². The third kappa shape index (κ3) is 4.02. The van der Waals surface area contributed by atoms with Crippen LogP contribution in [0.4, 0.5) is 10.1 Å². The van der Waals surface area contributed by atoms with E-state index in [1.807, 2.05) is 0 Å². The van der Waals surface area contributed by atoms with Crippen LogP contribution in [-0.4, -0.2) is 51.2 Å². The van der Waals surface area contributed by atoms with E-state index in [0.717, 1.165) is 0 Å². The molecule has 0 aromatic heterocycles. The highest BCUT2D eigenvalue weighted by Crippen LogP contribution is 2.26. The Morgan fingerprint density at radius 1 is 1.41 bits per heavy atom. The first-order chi connectivity index (χ1) is 10.3. The molecule has 8 heteroatoms. The van der Waals surface area contributed by atoms with E-state index in [-0.39, 0.29) is 23.4 Å². The summed E-state index contributed by atoms with van der Waals surface area (Å²) in [5.74, 6) is -0.702. The van der Waals surface area contributed by atoms with Gasteiger partial charge < -0.3 is 4.90 Å². The molecule has 0 saturated carbocycles. The number of benzene rings is 1. The number of halogens is 1. The average Bonchev–Trinajstić information content (AvgIpc) is 2.79. The summed E-state index contributed by atoms with van der Waals surface area (Å²) >= 11 is 0. The summed E-state index contributed by atoms with van der Waals surface area (Å²) in [6.07, 6.45) is 0.942. The van der Waals surface area contributed by atoms with E-state index in [9.17, 15) is 17.6 Å². The lowest BCUT2D eigenvalue weighted by atomic mass is 10.2. The van der Waals surface area contributed by atoms with Gasteiger partial charge >= 0.3 is 0 Å². The van der Waals surface area contributed by atoms with Gasteiger partial charge in [0.1, 0.15) is 5.82 Å². The van der Waals surface area contributed by atoms with Gasteiger partial charge in [-0.3, -0.25) is 9.69 Å². The molecule has 1 amide bonds. The number of hydrogen-bond donors (Lipinski definition) is 1. The maximum atomic E-state index is 13.8. The molecule has 2 N–H and O–H groups in total. The molecule has 1 atom stereocenters. The molecule has 22 heavy (non-hydrogen) atoms. The maximum Gasteiger partial charge on any atom is 0.244 e. The van der Waals surface area contributed by atoms with Crippen LogP contribution >= 0.6 is 0 Å². The minimum absolute atomic E-state index is 0.116. The van der Waals surface area contributed by atoms with Gasteiger partial charge in [0, 0.05) is 6.54 Å². The lowest BCUT2D eigenvalue weighted by Gasteiger charge is -2.23. The number of carbonyl (C=O) groups is 1. The fourth-order valence-corrected chi connectivity index (χ4v) is 3.19. The summed E-state index contributed by atoms with van der Waals surface area (Å²) in [5, 5.41) is 4.95. The molecule has 1 heterocycles. The molecule has 0 unspecified atom stereocenters. The standard InChI is InChI=1S/C14H20FN3O3S/c1-17(8-4-10-22(16,20)21)13-7-9-18(14(13)19)12-6-3-2-5-11(12)15/h2-3,5-6,13H,4,7-10H2,1H3,(H2,16,20,21)/t13-/m1/s1. The number of amides is 1. The number of primary sulfonamides is 1. The van der Waals surface area contributed by atoms with Crippen LogP contribution in [0, 0.1) is 5.82 Å². The Bertz CT molecular complexity index is 650. The van der Waals surface area contributed by atoms with E-state index in [1.165, 1.54) is 11.0 Å². The zero-order valence-corrected chi connectivity index (χ0v) is 13.2. The van der Waals surface area contributed by atoms with Crippen LogP contribution in [0.15, 0.2) is 24.3 Å². The fourth-order valence-electron chi connectivity index (χ4n) is 2.65. The van der Waals surface area contributed by atoms with Gasteiger partial charge in [-0.25, -0.2) is 17.9 Å². The molecule has 1 aromatic rings. The Labute approximate surface area is 129 Å². The molecular formula is C14H20FN3O3S. The Morgan fingerprint density at radius 2 is 2.09 bits per heavy atom. The van der Waals surface area contributed by atoms with Crippen molar-refractivity contribution in [1.82, 2.24) is 4.90 Å². The van der Waals surface area contributed by atoms with Crippen molar-refractivity contribution in [3.8, 4) is 0 Å². The Balaban J connectivity index is 1.98. The molecule has 1 saturated heterocycles. The number of nitrogens with two attached hydrogens (primary N) is 1. The number of hydrogen-bond acceptors (Lipinski definition) is 4. The van der Waals surface area contributed by atoms with Crippen molar-refractivity contribution in [2.24, 2.45) is 5.14 Å². The lowest BCUT2D eigenvalue weighted by molar-refractivity contribution is -0.121. The number of sulfonamides is 1. The second kappa shape index (κ2) is 6.72. The van der Waals surface area contributed by atoms with Crippen LogP contribution in [0.25, 0.3) is 0 Å². The minimum atomic E-state index is -3.49. The monoisotopic (exact) mass is 329 g/mol. The molecule has 2 rings (SSSR count). The zero-order valence-electron chi connectivity index (χ0n) is 12.4. The molecule has 122 valence electrons. The van der Waals surface area contributed by atoms with Gasteiger partial charge in [-0.1, -0.05) is 12.1 Å². The molecule has 0 spiro atoms. The number of rotatable bonds is 6. The van der Waals surface area contributed by atoms with Crippen LogP contribution in [0.3, 0.4) is 0 Å².